The normalized spacial score (nSPS) is 10.8. The minimum Gasteiger partial charge on any atom is -0.266 e. The van der Waals surface area contributed by atoms with Crippen molar-refractivity contribution in [1.29, 1.82) is 0 Å². The van der Waals surface area contributed by atoms with Crippen LogP contribution in [-0.4, -0.2) is 20.4 Å². The number of hydrogen-bond acceptors (Lipinski definition) is 4. The van der Waals surface area contributed by atoms with E-state index in [0.717, 1.165) is 11.0 Å². The Hall–Kier alpha value is -2.01. The molecule has 78 valence electrons. The number of para-hydroxylation sites is 2. The van der Waals surface area contributed by atoms with Gasteiger partial charge >= 0.3 is 0 Å². The number of thiazole rings is 1. The first kappa shape index (κ1) is 9.23. The molecule has 0 aliphatic rings. The predicted octanol–water partition coefficient (Wildman–Crippen LogP) is 2.18. The Balaban J connectivity index is 2.16. The lowest BCUT2D eigenvalue weighted by atomic mass is 10.3. The van der Waals surface area contributed by atoms with Gasteiger partial charge in [-0.15, -0.1) is 11.3 Å². The molecule has 2 aromatic heterocycles. The Morgan fingerprint density at radius 1 is 1.25 bits per heavy atom. The highest BCUT2D eigenvalue weighted by Gasteiger charge is 2.13. The molecule has 3 rings (SSSR count). The van der Waals surface area contributed by atoms with E-state index in [4.69, 9.17) is 0 Å². The number of carbonyl (C=O) groups excluding carboxylic acids is 1. The van der Waals surface area contributed by atoms with E-state index in [1.807, 2.05) is 24.3 Å². The molecular formula is C11H7N3OS. The fourth-order valence-electron chi connectivity index (χ4n) is 1.56. The number of benzene rings is 1. The third-order valence-electron chi connectivity index (χ3n) is 2.32. The lowest BCUT2D eigenvalue weighted by molar-refractivity contribution is 0.0960. The third kappa shape index (κ3) is 1.33. The zero-order chi connectivity index (χ0) is 11.0. The van der Waals surface area contributed by atoms with E-state index in [-0.39, 0.29) is 5.91 Å². The summed E-state index contributed by atoms with van der Waals surface area (Å²) in [6.07, 6.45) is 1.53. The van der Waals surface area contributed by atoms with Crippen molar-refractivity contribution >= 4 is 28.3 Å². The largest absolute Gasteiger partial charge is 0.283 e. The van der Waals surface area contributed by atoms with Crippen LogP contribution < -0.4 is 0 Å². The molecule has 5 heteroatoms. The summed E-state index contributed by atoms with van der Waals surface area (Å²) in [4.78, 5) is 20.2. The Kier molecular flexibility index (Phi) is 2.04. The number of hydrogen-bond donors (Lipinski definition) is 0. The molecule has 0 amide bonds. The maximum atomic E-state index is 12.0. The molecule has 0 fully saturated rings. The second kappa shape index (κ2) is 3.53. The van der Waals surface area contributed by atoms with E-state index in [1.54, 1.807) is 10.9 Å². The van der Waals surface area contributed by atoms with E-state index in [2.05, 4.69) is 9.97 Å². The van der Waals surface area contributed by atoms with Crippen LogP contribution in [0.2, 0.25) is 0 Å². The van der Waals surface area contributed by atoms with Gasteiger partial charge in [0, 0.05) is 5.38 Å². The highest BCUT2D eigenvalue weighted by Crippen LogP contribution is 2.14. The first-order chi connectivity index (χ1) is 7.86. The number of imidazole rings is 1. The summed E-state index contributed by atoms with van der Waals surface area (Å²) >= 11 is 1.40. The number of carbonyl (C=O) groups is 1. The molecule has 0 spiro atoms. The van der Waals surface area contributed by atoms with Crippen molar-refractivity contribution in [1.82, 2.24) is 14.5 Å². The molecule has 0 aliphatic heterocycles. The smallest absolute Gasteiger partial charge is 0.266 e. The lowest BCUT2D eigenvalue weighted by Gasteiger charge is -1.98. The zero-order valence-corrected chi connectivity index (χ0v) is 9.02. The molecule has 0 atom stereocenters. The second-order valence-corrected chi connectivity index (χ2v) is 4.00. The molecule has 2 heterocycles. The average Bonchev–Trinajstić information content (AvgIpc) is 2.98. The highest BCUT2D eigenvalue weighted by molar-refractivity contribution is 7.07. The van der Waals surface area contributed by atoms with Crippen LogP contribution in [-0.2, 0) is 0 Å². The van der Waals surface area contributed by atoms with Crippen molar-refractivity contribution in [2.45, 2.75) is 0 Å². The summed E-state index contributed by atoms with van der Waals surface area (Å²) in [5.74, 6) is -0.144. The standard InChI is InChI=1S/C11H7N3OS/c15-11(9-5-16-7-13-9)14-6-12-8-3-1-2-4-10(8)14/h1-7H. The Morgan fingerprint density at radius 3 is 2.94 bits per heavy atom. The van der Waals surface area contributed by atoms with Gasteiger partial charge in [-0.1, -0.05) is 12.1 Å². The van der Waals surface area contributed by atoms with E-state index in [9.17, 15) is 4.79 Å². The van der Waals surface area contributed by atoms with Crippen LogP contribution >= 0.6 is 11.3 Å². The SMILES string of the molecule is O=C(c1cscn1)n1cnc2ccccc21. The van der Waals surface area contributed by atoms with Gasteiger partial charge in [0.2, 0.25) is 0 Å². The highest BCUT2D eigenvalue weighted by atomic mass is 32.1. The molecule has 3 aromatic rings. The van der Waals surface area contributed by atoms with Gasteiger partial charge in [0.15, 0.2) is 0 Å². The van der Waals surface area contributed by atoms with Crippen LogP contribution in [0.25, 0.3) is 11.0 Å². The van der Waals surface area contributed by atoms with Gasteiger partial charge in [0.1, 0.15) is 12.0 Å². The van der Waals surface area contributed by atoms with E-state index in [1.165, 1.54) is 22.2 Å². The number of rotatable bonds is 1. The molecule has 4 nitrogen and oxygen atoms in total. The van der Waals surface area contributed by atoms with E-state index in [0.29, 0.717) is 5.69 Å². The van der Waals surface area contributed by atoms with E-state index >= 15 is 0 Å². The van der Waals surface area contributed by atoms with Crippen LogP contribution in [0.15, 0.2) is 41.5 Å². The van der Waals surface area contributed by atoms with Gasteiger partial charge in [-0.2, -0.15) is 0 Å². The van der Waals surface area contributed by atoms with Crippen LogP contribution in [0.5, 0.6) is 0 Å². The fourth-order valence-corrected chi connectivity index (χ4v) is 2.09. The summed E-state index contributed by atoms with van der Waals surface area (Å²) in [7, 11) is 0. The molecule has 0 bridgehead atoms. The molecule has 0 aliphatic carbocycles. The average molecular weight is 229 g/mol. The molecule has 0 radical (unpaired) electrons. The van der Waals surface area contributed by atoms with Crippen molar-refractivity contribution in [3.63, 3.8) is 0 Å². The van der Waals surface area contributed by atoms with Crippen LogP contribution in [0.1, 0.15) is 10.5 Å². The van der Waals surface area contributed by atoms with Crippen LogP contribution in [0.4, 0.5) is 0 Å². The molecule has 0 unspecified atom stereocenters. The van der Waals surface area contributed by atoms with Crippen LogP contribution in [0.3, 0.4) is 0 Å². The summed E-state index contributed by atoms with van der Waals surface area (Å²) < 4.78 is 1.52. The molecule has 0 saturated heterocycles. The maximum absolute atomic E-state index is 12.0. The summed E-state index contributed by atoms with van der Waals surface area (Å²) in [5, 5.41) is 1.73. The maximum Gasteiger partial charge on any atom is 0.283 e. The first-order valence-corrected chi connectivity index (χ1v) is 5.65. The van der Waals surface area contributed by atoms with Crippen molar-refractivity contribution in [2.24, 2.45) is 0 Å². The summed E-state index contributed by atoms with van der Waals surface area (Å²) in [6.45, 7) is 0. The first-order valence-electron chi connectivity index (χ1n) is 4.71. The number of aromatic nitrogens is 3. The molecule has 0 saturated carbocycles. The molecule has 0 N–H and O–H groups in total. The van der Waals surface area contributed by atoms with Gasteiger partial charge in [-0.3, -0.25) is 9.36 Å². The Labute approximate surface area is 95.2 Å². The Morgan fingerprint density at radius 2 is 2.12 bits per heavy atom. The zero-order valence-electron chi connectivity index (χ0n) is 8.20. The fraction of sp³-hybridized carbons (Fsp3) is 0. The van der Waals surface area contributed by atoms with Gasteiger partial charge in [0.25, 0.3) is 5.91 Å². The third-order valence-corrected chi connectivity index (χ3v) is 2.91. The number of fused-ring (bicyclic) bond motifs is 1. The van der Waals surface area contributed by atoms with Crippen LogP contribution in [0, 0.1) is 0 Å². The molecule has 1 aromatic carbocycles. The minimum atomic E-state index is -0.144. The molecule has 16 heavy (non-hydrogen) atoms. The van der Waals surface area contributed by atoms with Gasteiger partial charge in [0.05, 0.1) is 16.5 Å². The van der Waals surface area contributed by atoms with Gasteiger partial charge < -0.3 is 0 Å². The van der Waals surface area contributed by atoms with E-state index < -0.39 is 0 Å². The number of nitrogens with zero attached hydrogens (tertiary/aromatic N) is 3. The summed E-state index contributed by atoms with van der Waals surface area (Å²) in [5.41, 5.74) is 3.71. The monoisotopic (exact) mass is 229 g/mol. The Bertz CT molecular complexity index is 642. The quantitative estimate of drug-likeness (QED) is 0.642. The van der Waals surface area contributed by atoms with Crippen molar-refractivity contribution in [2.75, 3.05) is 0 Å². The van der Waals surface area contributed by atoms with Gasteiger partial charge in [-0.25, -0.2) is 9.97 Å². The topological polar surface area (TPSA) is 47.8 Å². The summed E-state index contributed by atoms with van der Waals surface area (Å²) in [6, 6.07) is 7.52. The molecular weight excluding hydrogens is 222 g/mol. The van der Waals surface area contributed by atoms with Crippen molar-refractivity contribution in [3.8, 4) is 0 Å². The van der Waals surface area contributed by atoms with Gasteiger partial charge in [-0.05, 0) is 12.1 Å². The second-order valence-electron chi connectivity index (χ2n) is 3.28. The lowest BCUT2D eigenvalue weighted by Crippen LogP contribution is -2.10. The van der Waals surface area contributed by atoms with Crippen molar-refractivity contribution < 1.29 is 4.79 Å². The van der Waals surface area contributed by atoms with Crippen molar-refractivity contribution in [3.05, 3.63) is 47.2 Å². The minimum absolute atomic E-state index is 0.144. The predicted molar refractivity (Wildman–Crippen MR) is 61.6 cm³/mol.